The highest BCUT2D eigenvalue weighted by atomic mass is 32.2. The van der Waals surface area contributed by atoms with Crippen molar-refractivity contribution in [2.75, 3.05) is 0 Å². The Balaban J connectivity index is 1.20. The molecule has 47 heavy (non-hydrogen) atoms. The number of benzene rings is 6. The second-order valence-corrected chi connectivity index (χ2v) is 13.2. The molecule has 5 heteroatoms. The van der Waals surface area contributed by atoms with E-state index in [1.807, 2.05) is 36.3 Å². The maximum atomic E-state index is 4.80. The number of pyridine rings is 2. The van der Waals surface area contributed by atoms with Crippen LogP contribution >= 0.6 is 11.8 Å². The average molecular weight is 614 g/mol. The fraction of sp³-hybridized carbons (Fsp3) is 0. The first-order chi connectivity index (χ1) is 23.3. The summed E-state index contributed by atoms with van der Waals surface area (Å²) < 4.78 is 0. The molecule has 0 radical (unpaired) electrons. The molecule has 8 aromatic rings. The average Bonchev–Trinajstić information content (AvgIpc) is 3.14. The van der Waals surface area contributed by atoms with Crippen LogP contribution in [-0.4, -0.2) is 23.4 Å². The van der Waals surface area contributed by atoms with Crippen LogP contribution < -0.4 is 33.0 Å². The summed E-state index contributed by atoms with van der Waals surface area (Å²) in [5, 5.41) is 5.15. The maximum Gasteiger partial charge on any atom is 0.265 e. The molecule has 0 atom stereocenters. The Kier molecular flexibility index (Phi) is 6.98. The van der Waals surface area contributed by atoms with E-state index in [1.54, 1.807) is 0 Å². The zero-order valence-corrected chi connectivity index (χ0v) is 26.4. The molecule has 2 nitrogen and oxygen atoms in total. The smallest absolute Gasteiger partial charge is 0.265 e. The quantitative estimate of drug-likeness (QED) is 0.171. The van der Waals surface area contributed by atoms with E-state index in [0.717, 1.165) is 11.2 Å². The number of aromatic nitrogens is 2. The molecule has 9 rings (SSSR count). The predicted octanol–water partition coefficient (Wildman–Crippen LogP) is 5.95. The third-order valence-corrected chi connectivity index (χ3v) is 10.5. The molecular formula is C42H28B2N2S. The monoisotopic (exact) mass is 614 g/mol. The van der Waals surface area contributed by atoms with Gasteiger partial charge in [0.2, 0.25) is 0 Å². The van der Waals surface area contributed by atoms with E-state index in [1.165, 1.54) is 64.3 Å². The zero-order valence-electron chi connectivity index (χ0n) is 25.6. The first kappa shape index (κ1) is 27.9. The van der Waals surface area contributed by atoms with Crippen LogP contribution in [0.3, 0.4) is 0 Å². The van der Waals surface area contributed by atoms with Crippen molar-refractivity contribution in [3.8, 4) is 11.1 Å². The third-order valence-electron chi connectivity index (χ3n) is 9.38. The van der Waals surface area contributed by atoms with Crippen molar-refractivity contribution in [3.63, 3.8) is 0 Å². The molecule has 6 aromatic carbocycles. The van der Waals surface area contributed by atoms with E-state index in [2.05, 4.69) is 146 Å². The standard InChI is InChI=1S/C42H28B2N2S/c1-3-12-30(13-4-1)43(40-18-7-9-24-45-40)32-21-20-29-26-37-34-23-22-33(44(31-14-5-2-6-15-31)41-19-8-10-25-46-41)28-39(34)47-38-17-11-16-35(42(37)38)36(29)27-32/h1-28H. The van der Waals surface area contributed by atoms with E-state index in [0.29, 0.717) is 0 Å². The van der Waals surface area contributed by atoms with Gasteiger partial charge in [-0.25, -0.2) is 0 Å². The Bertz CT molecular complexity index is 2310. The summed E-state index contributed by atoms with van der Waals surface area (Å²) in [4.78, 5) is 12.2. The Labute approximate surface area is 279 Å². The molecular weight excluding hydrogens is 586 g/mol. The molecule has 0 spiro atoms. The van der Waals surface area contributed by atoms with Gasteiger partial charge in [0.05, 0.1) is 0 Å². The number of rotatable bonds is 6. The van der Waals surface area contributed by atoms with Crippen molar-refractivity contribution in [3.05, 3.63) is 170 Å². The number of nitrogens with zero attached hydrogens (tertiary/aromatic N) is 2. The molecule has 0 fully saturated rings. The minimum Gasteiger partial charge on any atom is -0.270 e. The Hall–Kier alpha value is -5.38. The lowest BCUT2D eigenvalue weighted by Gasteiger charge is -2.24. The van der Waals surface area contributed by atoms with Gasteiger partial charge in [-0.2, -0.15) is 0 Å². The van der Waals surface area contributed by atoms with Crippen LogP contribution in [-0.2, 0) is 0 Å². The van der Waals surface area contributed by atoms with Crippen LogP contribution in [0.5, 0.6) is 0 Å². The van der Waals surface area contributed by atoms with Crippen LogP contribution in [0, 0.1) is 0 Å². The van der Waals surface area contributed by atoms with Crippen LogP contribution in [0.1, 0.15) is 0 Å². The molecule has 2 aromatic heterocycles. The van der Waals surface area contributed by atoms with Gasteiger partial charge in [-0.1, -0.05) is 155 Å². The predicted molar refractivity (Wildman–Crippen MR) is 202 cm³/mol. The van der Waals surface area contributed by atoms with E-state index in [4.69, 9.17) is 9.97 Å². The van der Waals surface area contributed by atoms with Crippen molar-refractivity contribution in [2.24, 2.45) is 0 Å². The SMILES string of the molecule is c1ccc(B(c2ccc3c(c2)Sc2cccc4c2c-3cc2ccc(B(c3ccccc3)c3ccccn3)cc24)c2ccccn2)cc1. The zero-order chi connectivity index (χ0) is 31.2. The first-order valence-corrected chi connectivity index (χ1v) is 16.9. The molecule has 0 saturated carbocycles. The number of hydrogen-bond acceptors (Lipinski definition) is 3. The first-order valence-electron chi connectivity index (χ1n) is 16.1. The van der Waals surface area contributed by atoms with Gasteiger partial charge in [0.15, 0.2) is 0 Å². The summed E-state index contributed by atoms with van der Waals surface area (Å²) >= 11 is 1.88. The fourth-order valence-electron chi connectivity index (χ4n) is 7.27. The third kappa shape index (κ3) is 4.95. The van der Waals surface area contributed by atoms with E-state index in [9.17, 15) is 0 Å². The minimum atomic E-state index is 0.0535. The van der Waals surface area contributed by atoms with Crippen molar-refractivity contribution in [1.82, 2.24) is 9.97 Å². The summed E-state index contributed by atoms with van der Waals surface area (Å²) in [5.74, 6) is 0. The normalized spacial score (nSPS) is 11.7. The van der Waals surface area contributed by atoms with E-state index < -0.39 is 0 Å². The van der Waals surface area contributed by atoms with Gasteiger partial charge in [-0.05, 0) is 63.7 Å². The maximum absolute atomic E-state index is 4.80. The van der Waals surface area contributed by atoms with Gasteiger partial charge in [0.1, 0.15) is 0 Å². The summed E-state index contributed by atoms with van der Waals surface area (Å²) in [6, 6.07) is 57.0. The molecule has 0 aliphatic carbocycles. The van der Waals surface area contributed by atoms with Crippen molar-refractivity contribution in [1.29, 1.82) is 0 Å². The molecule has 0 bridgehead atoms. The summed E-state index contributed by atoms with van der Waals surface area (Å²) in [6.45, 7) is 0.116. The van der Waals surface area contributed by atoms with Crippen LogP contribution in [0.25, 0.3) is 32.7 Å². The van der Waals surface area contributed by atoms with Crippen LogP contribution in [0.15, 0.2) is 180 Å². The highest BCUT2D eigenvalue weighted by Crippen LogP contribution is 2.49. The number of hydrogen-bond donors (Lipinski definition) is 0. The summed E-state index contributed by atoms with van der Waals surface area (Å²) in [6.07, 6.45) is 3.79. The Morgan fingerprint density at radius 2 is 1.02 bits per heavy atom. The summed E-state index contributed by atoms with van der Waals surface area (Å²) in [5.41, 5.74) is 9.70. The van der Waals surface area contributed by atoms with Gasteiger partial charge >= 0.3 is 0 Å². The second kappa shape index (κ2) is 11.8. The lowest BCUT2D eigenvalue weighted by molar-refractivity contribution is 1.38. The molecule has 3 heterocycles. The second-order valence-electron chi connectivity index (χ2n) is 12.1. The van der Waals surface area contributed by atoms with Gasteiger partial charge in [-0.15, -0.1) is 0 Å². The van der Waals surface area contributed by atoms with Crippen LogP contribution in [0.2, 0.25) is 0 Å². The molecule has 0 saturated heterocycles. The lowest BCUT2D eigenvalue weighted by atomic mass is 9.38. The topological polar surface area (TPSA) is 25.8 Å². The largest absolute Gasteiger partial charge is 0.270 e. The molecule has 0 N–H and O–H groups in total. The lowest BCUT2D eigenvalue weighted by Crippen LogP contribution is -2.53. The van der Waals surface area contributed by atoms with Crippen molar-refractivity contribution in [2.45, 2.75) is 9.79 Å². The molecule has 0 unspecified atom stereocenters. The minimum absolute atomic E-state index is 0.0535. The van der Waals surface area contributed by atoms with Crippen molar-refractivity contribution < 1.29 is 0 Å². The van der Waals surface area contributed by atoms with Gasteiger partial charge in [-0.3, -0.25) is 9.97 Å². The van der Waals surface area contributed by atoms with Gasteiger partial charge < -0.3 is 0 Å². The Morgan fingerprint density at radius 3 is 1.66 bits per heavy atom. The fourth-order valence-corrected chi connectivity index (χ4v) is 8.46. The van der Waals surface area contributed by atoms with Gasteiger partial charge in [0, 0.05) is 38.8 Å². The molecule has 0 amide bonds. The highest BCUT2D eigenvalue weighted by molar-refractivity contribution is 7.99. The Morgan fingerprint density at radius 1 is 0.404 bits per heavy atom. The highest BCUT2D eigenvalue weighted by Gasteiger charge is 2.28. The molecule has 1 aliphatic rings. The van der Waals surface area contributed by atoms with E-state index in [-0.39, 0.29) is 13.4 Å². The molecule has 218 valence electrons. The summed E-state index contributed by atoms with van der Waals surface area (Å²) in [7, 11) is 0. The van der Waals surface area contributed by atoms with Crippen LogP contribution in [0.4, 0.5) is 0 Å². The van der Waals surface area contributed by atoms with E-state index >= 15 is 0 Å². The molecule has 1 aliphatic heterocycles. The number of fused-ring (bicyclic) bond motifs is 4. The van der Waals surface area contributed by atoms with Gasteiger partial charge in [0.25, 0.3) is 13.4 Å². The van der Waals surface area contributed by atoms with Crippen molar-refractivity contribution >= 4 is 79.8 Å².